The van der Waals surface area contributed by atoms with Gasteiger partial charge < -0.3 is 15.2 Å². The van der Waals surface area contributed by atoms with E-state index in [0.29, 0.717) is 26.1 Å². The molecule has 1 aliphatic heterocycles. The third-order valence-corrected chi connectivity index (χ3v) is 2.69. The highest BCUT2D eigenvalue weighted by Crippen LogP contribution is 2.19. The van der Waals surface area contributed by atoms with E-state index in [-0.39, 0.29) is 17.4 Å². The highest BCUT2D eigenvalue weighted by atomic mass is 19.1. The zero-order valence-electron chi connectivity index (χ0n) is 9.32. The van der Waals surface area contributed by atoms with E-state index in [9.17, 15) is 9.18 Å². The summed E-state index contributed by atoms with van der Waals surface area (Å²) in [6, 6.07) is 4.12. The molecule has 1 heterocycles. The van der Waals surface area contributed by atoms with Crippen LogP contribution >= 0.6 is 0 Å². The molecule has 1 saturated heterocycles. The number of rotatable bonds is 2. The van der Waals surface area contributed by atoms with Crippen LogP contribution in [0, 0.1) is 5.82 Å². The van der Waals surface area contributed by atoms with Crippen LogP contribution in [0.3, 0.4) is 0 Å². The van der Waals surface area contributed by atoms with Crippen molar-refractivity contribution in [1.29, 1.82) is 0 Å². The second-order valence-corrected chi connectivity index (χ2v) is 3.92. The molecule has 1 aromatic rings. The fourth-order valence-electron chi connectivity index (χ4n) is 1.76. The molecule has 0 spiro atoms. The lowest BCUT2D eigenvalue weighted by Crippen LogP contribution is -2.26. The molecule has 0 saturated carbocycles. The number of ether oxygens (including phenoxy) is 2. The van der Waals surface area contributed by atoms with Crippen molar-refractivity contribution >= 4 is 11.7 Å². The van der Waals surface area contributed by atoms with Crippen LogP contribution in [0.5, 0.6) is 0 Å². The zero-order valence-corrected chi connectivity index (χ0v) is 9.32. The number of nitrogens with two attached hydrogens (primary N) is 1. The smallest absolute Gasteiger partial charge is 0.343 e. The maximum absolute atomic E-state index is 13.4. The number of hydrogen-bond acceptors (Lipinski definition) is 4. The summed E-state index contributed by atoms with van der Waals surface area (Å²) < 4.78 is 23.8. The SMILES string of the molecule is Nc1cccc(F)c1C(=O)OC1CCOCC1. The van der Waals surface area contributed by atoms with Crippen LogP contribution in [0.1, 0.15) is 23.2 Å². The molecule has 1 fully saturated rings. The van der Waals surface area contributed by atoms with Gasteiger partial charge in [0.2, 0.25) is 0 Å². The van der Waals surface area contributed by atoms with Gasteiger partial charge in [0.1, 0.15) is 17.5 Å². The topological polar surface area (TPSA) is 61.6 Å². The Morgan fingerprint density at radius 3 is 2.76 bits per heavy atom. The molecule has 17 heavy (non-hydrogen) atoms. The highest BCUT2D eigenvalue weighted by molar-refractivity contribution is 5.95. The average molecular weight is 239 g/mol. The number of nitrogen functional groups attached to an aromatic ring is 1. The monoisotopic (exact) mass is 239 g/mol. The number of halogens is 1. The molecule has 92 valence electrons. The largest absolute Gasteiger partial charge is 0.458 e. The van der Waals surface area contributed by atoms with Gasteiger partial charge in [-0.15, -0.1) is 0 Å². The standard InChI is InChI=1S/C12H14FNO3/c13-9-2-1-3-10(14)11(9)12(15)17-8-4-6-16-7-5-8/h1-3,8H,4-7,14H2. The van der Waals surface area contributed by atoms with Crippen LogP contribution in [0.4, 0.5) is 10.1 Å². The van der Waals surface area contributed by atoms with Gasteiger partial charge in [0.25, 0.3) is 0 Å². The van der Waals surface area contributed by atoms with Crippen molar-refractivity contribution in [3.05, 3.63) is 29.6 Å². The third kappa shape index (κ3) is 2.74. The zero-order chi connectivity index (χ0) is 12.3. The Bertz CT molecular complexity index is 396. The Balaban J connectivity index is 2.08. The van der Waals surface area contributed by atoms with Crippen molar-refractivity contribution in [2.24, 2.45) is 0 Å². The minimum atomic E-state index is -0.701. The number of anilines is 1. The van der Waals surface area contributed by atoms with Crippen molar-refractivity contribution < 1.29 is 18.7 Å². The normalized spacial score (nSPS) is 16.8. The van der Waals surface area contributed by atoms with Crippen LogP contribution in [0.25, 0.3) is 0 Å². The minimum Gasteiger partial charge on any atom is -0.458 e. The molecule has 0 amide bonds. The van der Waals surface area contributed by atoms with Gasteiger partial charge >= 0.3 is 5.97 Å². The molecule has 2 N–H and O–H groups in total. The van der Waals surface area contributed by atoms with Gasteiger partial charge in [-0.05, 0) is 12.1 Å². The van der Waals surface area contributed by atoms with Crippen LogP contribution in [-0.2, 0) is 9.47 Å². The van der Waals surface area contributed by atoms with E-state index in [1.807, 2.05) is 0 Å². The first-order chi connectivity index (χ1) is 8.18. The molecule has 0 unspecified atom stereocenters. The van der Waals surface area contributed by atoms with E-state index >= 15 is 0 Å². The fourth-order valence-corrected chi connectivity index (χ4v) is 1.76. The van der Waals surface area contributed by atoms with E-state index < -0.39 is 11.8 Å². The summed E-state index contributed by atoms with van der Waals surface area (Å²) in [5.41, 5.74) is 5.48. The first-order valence-electron chi connectivity index (χ1n) is 5.51. The van der Waals surface area contributed by atoms with Gasteiger partial charge in [0, 0.05) is 18.5 Å². The summed E-state index contributed by atoms with van der Waals surface area (Å²) in [4.78, 5) is 11.8. The summed E-state index contributed by atoms with van der Waals surface area (Å²) in [6.45, 7) is 1.12. The second-order valence-electron chi connectivity index (χ2n) is 3.92. The summed E-state index contributed by atoms with van der Waals surface area (Å²) >= 11 is 0. The molecular formula is C12H14FNO3. The van der Waals surface area contributed by atoms with Crippen molar-refractivity contribution in [3.63, 3.8) is 0 Å². The Morgan fingerprint density at radius 1 is 1.41 bits per heavy atom. The molecule has 0 bridgehead atoms. The van der Waals surface area contributed by atoms with E-state index in [1.54, 1.807) is 0 Å². The number of benzene rings is 1. The van der Waals surface area contributed by atoms with Gasteiger partial charge in [-0.25, -0.2) is 9.18 Å². The van der Waals surface area contributed by atoms with Gasteiger partial charge in [0.15, 0.2) is 0 Å². The van der Waals surface area contributed by atoms with Gasteiger partial charge in [-0.3, -0.25) is 0 Å². The first kappa shape index (κ1) is 11.9. The van der Waals surface area contributed by atoms with Crippen LogP contribution in [0.15, 0.2) is 18.2 Å². The lowest BCUT2D eigenvalue weighted by molar-refractivity contribution is -0.0161. The number of carbonyl (C=O) groups excluding carboxylic acids is 1. The Hall–Kier alpha value is -1.62. The van der Waals surface area contributed by atoms with Crippen LogP contribution in [0.2, 0.25) is 0 Å². The van der Waals surface area contributed by atoms with Gasteiger partial charge in [-0.1, -0.05) is 6.07 Å². The van der Waals surface area contributed by atoms with E-state index in [0.717, 1.165) is 0 Å². The van der Waals surface area contributed by atoms with E-state index in [4.69, 9.17) is 15.2 Å². The number of esters is 1. The lowest BCUT2D eigenvalue weighted by atomic mass is 10.1. The average Bonchev–Trinajstić information content (AvgIpc) is 2.30. The van der Waals surface area contributed by atoms with Gasteiger partial charge in [0.05, 0.1) is 13.2 Å². The Morgan fingerprint density at radius 2 is 2.12 bits per heavy atom. The maximum atomic E-state index is 13.4. The lowest BCUT2D eigenvalue weighted by Gasteiger charge is -2.22. The summed E-state index contributed by atoms with van der Waals surface area (Å²) in [6.07, 6.45) is 1.07. The molecule has 1 aromatic carbocycles. The highest BCUT2D eigenvalue weighted by Gasteiger charge is 2.22. The minimum absolute atomic E-state index is 0.0991. The van der Waals surface area contributed by atoms with Crippen molar-refractivity contribution in [1.82, 2.24) is 0 Å². The van der Waals surface area contributed by atoms with Crippen molar-refractivity contribution in [2.45, 2.75) is 18.9 Å². The molecule has 1 aliphatic rings. The van der Waals surface area contributed by atoms with Crippen molar-refractivity contribution in [3.8, 4) is 0 Å². The van der Waals surface area contributed by atoms with E-state index in [1.165, 1.54) is 18.2 Å². The fraction of sp³-hybridized carbons (Fsp3) is 0.417. The van der Waals surface area contributed by atoms with Crippen molar-refractivity contribution in [2.75, 3.05) is 18.9 Å². The molecule has 5 heteroatoms. The summed E-state index contributed by atoms with van der Waals surface area (Å²) in [5, 5.41) is 0. The molecule has 4 nitrogen and oxygen atoms in total. The quantitative estimate of drug-likeness (QED) is 0.630. The van der Waals surface area contributed by atoms with Crippen LogP contribution < -0.4 is 5.73 Å². The Kier molecular flexibility index (Phi) is 3.58. The molecular weight excluding hydrogens is 225 g/mol. The molecule has 0 aromatic heterocycles. The number of hydrogen-bond donors (Lipinski definition) is 1. The van der Waals surface area contributed by atoms with Crippen LogP contribution in [-0.4, -0.2) is 25.3 Å². The summed E-state index contributed by atoms with van der Waals surface area (Å²) in [7, 11) is 0. The molecule has 0 aliphatic carbocycles. The molecule has 0 atom stereocenters. The Labute approximate surface area is 98.5 Å². The number of carbonyl (C=O) groups is 1. The third-order valence-electron chi connectivity index (χ3n) is 2.69. The second kappa shape index (κ2) is 5.14. The predicted molar refractivity (Wildman–Crippen MR) is 60.1 cm³/mol. The van der Waals surface area contributed by atoms with Gasteiger partial charge in [-0.2, -0.15) is 0 Å². The first-order valence-corrected chi connectivity index (χ1v) is 5.51. The van der Waals surface area contributed by atoms with E-state index in [2.05, 4.69) is 0 Å². The summed E-state index contributed by atoms with van der Waals surface area (Å²) in [5.74, 6) is -1.35. The molecule has 0 radical (unpaired) electrons. The maximum Gasteiger partial charge on any atom is 0.343 e. The molecule has 2 rings (SSSR count). The predicted octanol–water partition coefficient (Wildman–Crippen LogP) is 1.74.